The Morgan fingerprint density at radius 2 is 1.80 bits per heavy atom. The van der Waals surface area contributed by atoms with Crippen LogP contribution in [0.5, 0.6) is 0 Å². The van der Waals surface area contributed by atoms with Gasteiger partial charge in [-0.2, -0.15) is 0 Å². The van der Waals surface area contributed by atoms with E-state index in [0.717, 1.165) is 0 Å². The third kappa shape index (κ3) is 5.47. The number of sulfonamides is 1. The van der Waals surface area contributed by atoms with Crippen LogP contribution >= 0.6 is 34.8 Å². The van der Waals surface area contributed by atoms with Crippen molar-refractivity contribution in [1.29, 1.82) is 0 Å². The molecule has 0 aliphatic carbocycles. The summed E-state index contributed by atoms with van der Waals surface area (Å²) in [6.07, 6.45) is 0.793. The second kappa shape index (κ2) is 9.42. The highest BCUT2D eigenvalue weighted by atomic mass is 35.5. The molecule has 1 aliphatic heterocycles. The first kappa shape index (κ1) is 20.8. The molecule has 0 saturated heterocycles. The number of rotatable bonds is 8. The number of nitrogens with zero attached hydrogens (tertiary/aromatic N) is 2. The number of halogens is 3. The van der Waals surface area contributed by atoms with Gasteiger partial charge < -0.3 is 0 Å². The van der Waals surface area contributed by atoms with Crippen LogP contribution in [-0.4, -0.2) is 62.8 Å². The molecule has 0 atom stereocenters. The van der Waals surface area contributed by atoms with Gasteiger partial charge in [-0.3, -0.25) is 14.0 Å². The fraction of sp³-hybridized carbons (Fsp3) is 0.562. The predicted molar refractivity (Wildman–Crippen MR) is 104 cm³/mol. The molecule has 0 radical (unpaired) electrons. The smallest absolute Gasteiger partial charge is 0.236 e. The second-order valence-electron chi connectivity index (χ2n) is 5.80. The molecule has 9 heteroatoms. The molecule has 1 heterocycles. The van der Waals surface area contributed by atoms with Crippen molar-refractivity contribution >= 4 is 56.3 Å². The molecule has 0 fully saturated rings. The molecule has 0 unspecified atom stereocenters. The van der Waals surface area contributed by atoms with Crippen molar-refractivity contribution in [2.45, 2.75) is 12.8 Å². The number of ketones is 1. The van der Waals surface area contributed by atoms with E-state index in [9.17, 15) is 13.2 Å². The lowest BCUT2D eigenvalue weighted by atomic mass is 10.1. The summed E-state index contributed by atoms with van der Waals surface area (Å²) < 4.78 is 27.1. The van der Waals surface area contributed by atoms with E-state index in [2.05, 4.69) is 0 Å². The topological polar surface area (TPSA) is 57.7 Å². The molecule has 25 heavy (non-hydrogen) atoms. The molecule has 0 bridgehead atoms. The first-order valence-electron chi connectivity index (χ1n) is 8.06. The molecule has 1 aromatic rings. The Hall–Kier alpha value is -0.530. The van der Waals surface area contributed by atoms with Crippen LogP contribution in [0.1, 0.15) is 23.2 Å². The van der Waals surface area contributed by atoms with E-state index in [1.807, 2.05) is 4.90 Å². The fourth-order valence-electron chi connectivity index (χ4n) is 2.81. The average molecular weight is 428 g/mol. The van der Waals surface area contributed by atoms with Crippen LogP contribution in [0, 0.1) is 0 Å². The lowest BCUT2D eigenvalue weighted by molar-refractivity contribution is 0.0984. The van der Waals surface area contributed by atoms with Crippen LogP contribution < -0.4 is 4.31 Å². The van der Waals surface area contributed by atoms with Crippen LogP contribution in [0.15, 0.2) is 18.2 Å². The number of benzene rings is 1. The van der Waals surface area contributed by atoms with Crippen LogP contribution in [0.4, 0.5) is 5.69 Å². The van der Waals surface area contributed by atoms with Gasteiger partial charge in [0.1, 0.15) is 0 Å². The van der Waals surface area contributed by atoms with Crippen LogP contribution in [0.2, 0.25) is 5.02 Å². The maximum absolute atomic E-state index is 12.9. The van der Waals surface area contributed by atoms with Crippen molar-refractivity contribution in [3.8, 4) is 0 Å². The molecule has 5 nitrogen and oxygen atoms in total. The van der Waals surface area contributed by atoms with Gasteiger partial charge in [-0.1, -0.05) is 11.6 Å². The van der Waals surface area contributed by atoms with Gasteiger partial charge in [-0.15, -0.1) is 23.2 Å². The fourth-order valence-corrected chi connectivity index (χ4v) is 5.03. The van der Waals surface area contributed by atoms with Crippen molar-refractivity contribution in [1.82, 2.24) is 4.90 Å². The number of anilines is 1. The van der Waals surface area contributed by atoms with Crippen LogP contribution in [0.25, 0.3) is 0 Å². The number of hydrogen-bond acceptors (Lipinski definition) is 4. The molecular weight excluding hydrogens is 407 g/mol. The first-order chi connectivity index (χ1) is 11.9. The molecule has 0 N–H and O–H groups in total. The van der Waals surface area contributed by atoms with Gasteiger partial charge >= 0.3 is 0 Å². The Bertz CT molecular complexity index is 707. The first-order valence-corrected chi connectivity index (χ1v) is 11.1. The summed E-state index contributed by atoms with van der Waals surface area (Å²) in [5.74, 6) is 0.686. The zero-order valence-electron chi connectivity index (χ0n) is 13.8. The summed E-state index contributed by atoms with van der Waals surface area (Å²) in [5, 5.41) is 0.418. The van der Waals surface area contributed by atoms with Gasteiger partial charge in [0.25, 0.3) is 0 Å². The highest BCUT2D eigenvalue weighted by molar-refractivity contribution is 7.92. The summed E-state index contributed by atoms with van der Waals surface area (Å²) in [4.78, 5) is 14.2. The van der Waals surface area contributed by atoms with E-state index < -0.39 is 10.0 Å². The Balaban J connectivity index is 2.23. The third-order valence-electron chi connectivity index (χ3n) is 4.10. The lowest BCUT2D eigenvalue weighted by Crippen LogP contribution is -2.39. The monoisotopic (exact) mass is 426 g/mol. The Kier molecular flexibility index (Phi) is 7.83. The summed E-state index contributed by atoms with van der Waals surface area (Å²) in [6, 6.07) is 4.75. The minimum atomic E-state index is -3.58. The summed E-state index contributed by atoms with van der Waals surface area (Å²) >= 11 is 17.5. The Labute approximate surface area is 163 Å². The number of fused-ring (bicyclic) bond motifs is 1. The second-order valence-corrected chi connectivity index (χ2v) is 9.00. The van der Waals surface area contributed by atoms with Crippen molar-refractivity contribution in [2.75, 3.05) is 48.0 Å². The van der Waals surface area contributed by atoms with E-state index in [1.165, 1.54) is 4.31 Å². The van der Waals surface area contributed by atoms with Gasteiger partial charge in [0.15, 0.2) is 5.78 Å². The van der Waals surface area contributed by atoms with Crippen molar-refractivity contribution < 1.29 is 13.2 Å². The zero-order chi connectivity index (χ0) is 18.4. The van der Waals surface area contributed by atoms with Gasteiger partial charge in [0.05, 0.1) is 11.4 Å². The minimum absolute atomic E-state index is 0.0585. The largest absolute Gasteiger partial charge is 0.300 e. The molecule has 0 spiro atoms. The molecular formula is C16H21Cl3N2O3S. The molecule has 0 aromatic heterocycles. The van der Waals surface area contributed by atoms with Crippen LogP contribution in [-0.2, 0) is 10.0 Å². The maximum Gasteiger partial charge on any atom is 0.236 e. The standard InChI is InChI=1S/C16H21Cl3N2O3S/c17-5-8-20(9-6-18)10-11-25(23,24)21-7-1-2-16(22)14-12-13(19)3-4-15(14)21/h3-4,12H,1-2,5-11H2. The lowest BCUT2D eigenvalue weighted by Gasteiger charge is -2.26. The molecule has 0 saturated carbocycles. The highest BCUT2D eigenvalue weighted by Gasteiger charge is 2.29. The molecule has 1 aliphatic rings. The number of hydrogen-bond donors (Lipinski definition) is 0. The van der Waals surface area contributed by atoms with Crippen molar-refractivity contribution in [3.05, 3.63) is 28.8 Å². The van der Waals surface area contributed by atoms with E-state index in [0.29, 0.717) is 60.5 Å². The number of carbonyl (C=O) groups excluding carboxylic acids is 1. The minimum Gasteiger partial charge on any atom is -0.300 e. The Morgan fingerprint density at radius 1 is 1.12 bits per heavy atom. The average Bonchev–Trinajstić information content (AvgIpc) is 2.73. The molecule has 1 aromatic carbocycles. The van der Waals surface area contributed by atoms with Crippen molar-refractivity contribution in [2.24, 2.45) is 0 Å². The molecule has 2 rings (SSSR count). The summed E-state index contributed by atoms with van der Waals surface area (Å²) in [6.45, 7) is 1.78. The van der Waals surface area contributed by atoms with Gasteiger partial charge in [-0.25, -0.2) is 8.42 Å². The number of carbonyl (C=O) groups is 1. The van der Waals surface area contributed by atoms with Gasteiger partial charge in [-0.05, 0) is 24.6 Å². The van der Waals surface area contributed by atoms with Crippen molar-refractivity contribution in [3.63, 3.8) is 0 Å². The number of alkyl halides is 2. The predicted octanol–water partition coefficient (Wildman–Crippen LogP) is 3.23. The highest BCUT2D eigenvalue weighted by Crippen LogP contribution is 2.31. The van der Waals surface area contributed by atoms with Gasteiger partial charge in [0, 0.05) is 54.9 Å². The normalized spacial score (nSPS) is 15.4. The maximum atomic E-state index is 12.9. The van der Waals surface area contributed by atoms with Gasteiger partial charge in [0.2, 0.25) is 10.0 Å². The Morgan fingerprint density at radius 3 is 2.44 bits per heavy atom. The number of Topliss-reactive ketones (excluding diaryl/α,β-unsaturated/α-hetero) is 1. The van der Waals surface area contributed by atoms with E-state index in [1.54, 1.807) is 18.2 Å². The summed E-state index contributed by atoms with van der Waals surface area (Å²) in [5.41, 5.74) is 0.778. The summed E-state index contributed by atoms with van der Waals surface area (Å²) in [7, 11) is -3.58. The molecule has 0 amide bonds. The van der Waals surface area contributed by atoms with Crippen LogP contribution in [0.3, 0.4) is 0 Å². The quantitative estimate of drug-likeness (QED) is 0.598. The van der Waals surface area contributed by atoms with E-state index in [4.69, 9.17) is 34.8 Å². The SMILES string of the molecule is O=C1CCCN(S(=O)(=O)CCN(CCCl)CCCl)c2ccc(Cl)cc21. The zero-order valence-corrected chi connectivity index (χ0v) is 16.8. The van der Waals surface area contributed by atoms with E-state index in [-0.39, 0.29) is 18.1 Å². The molecule has 140 valence electrons. The third-order valence-corrected chi connectivity index (χ3v) is 6.42. The van der Waals surface area contributed by atoms with E-state index >= 15 is 0 Å².